The van der Waals surface area contributed by atoms with E-state index in [0.717, 1.165) is 11.1 Å². The van der Waals surface area contributed by atoms with Crippen molar-refractivity contribution >= 4 is 5.91 Å². The van der Waals surface area contributed by atoms with Crippen LogP contribution in [0.4, 0.5) is 13.2 Å². The summed E-state index contributed by atoms with van der Waals surface area (Å²) in [5.41, 5.74) is 2.10. The van der Waals surface area contributed by atoms with Crippen LogP contribution in [0.2, 0.25) is 0 Å². The number of halogens is 3. The number of rotatable bonds is 5. The summed E-state index contributed by atoms with van der Waals surface area (Å²) in [6.07, 6.45) is -4.39. The van der Waals surface area contributed by atoms with E-state index in [1.807, 2.05) is 43.4 Å². The summed E-state index contributed by atoms with van der Waals surface area (Å²) in [4.78, 5) is 11.5. The van der Waals surface area contributed by atoms with Gasteiger partial charge in [-0.25, -0.2) is 0 Å². The topological polar surface area (TPSA) is 41.1 Å². The number of hydrogen-bond donors (Lipinski definition) is 2. The Hall–Kier alpha value is -1.56. The fraction of sp³-hybridized carbons (Fsp3) is 0.500. The lowest BCUT2D eigenvalue weighted by Gasteiger charge is -2.20. The fourth-order valence-corrected chi connectivity index (χ4v) is 1.74. The minimum atomic E-state index is -4.39. The molecule has 0 aliphatic carbocycles. The van der Waals surface area contributed by atoms with Crippen molar-refractivity contribution in [1.29, 1.82) is 0 Å². The molecule has 2 N–H and O–H groups in total. The minimum absolute atomic E-state index is 0.123. The number of aryl methyl sites for hydroxylation is 1. The minimum Gasteiger partial charge on any atom is -0.346 e. The Bertz CT molecular complexity index is 443. The number of amides is 1. The quantitative estimate of drug-likeness (QED) is 0.874. The van der Waals surface area contributed by atoms with Crippen LogP contribution in [0.25, 0.3) is 0 Å². The molecular formula is C14H19F3N2O. The predicted molar refractivity (Wildman–Crippen MR) is 71.3 cm³/mol. The molecule has 0 saturated heterocycles. The van der Waals surface area contributed by atoms with Crippen molar-refractivity contribution in [1.82, 2.24) is 10.6 Å². The summed E-state index contributed by atoms with van der Waals surface area (Å²) in [5.74, 6) is -0.665. The smallest absolute Gasteiger partial charge is 0.346 e. The molecule has 6 heteroatoms. The summed E-state index contributed by atoms with van der Waals surface area (Å²) < 4.78 is 36.0. The van der Waals surface area contributed by atoms with Gasteiger partial charge in [0.2, 0.25) is 5.91 Å². The number of alkyl halides is 3. The van der Waals surface area contributed by atoms with Gasteiger partial charge in [-0.3, -0.25) is 10.1 Å². The Balaban J connectivity index is 2.50. The maximum Gasteiger partial charge on any atom is 0.405 e. The highest BCUT2D eigenvalue weighted by Crippen LogP contribution is 2.14. The SMILES string of the molecule is Cc1ccc(C(C)NC(C)C(=O)NCC(F)(F)F)cc1. The molecule has 0 spiro atoms. The Labute approximate surface area is 116 Å². The molecule has 0 heterocycles. The van der Waals surface area contributed by atoms with E-state index in [4.69, 9.17) is 0 Å². The lowest BCUT2D eigenvalue weighted by atomic mass is 10.1. The second-order valence-corrected chi connectivity index (χ2v) is 4.85. The van der Waals surface area contributed by atoms with E-state index in [2.05, 4.69) is 5.32 Å². The Morgan fingerprint density at radius 1 is 1.20 bits per heavy atom. The van der Waals surface area contributed by atoms with Crippen molar-refractivity contribution in [2.24, 2.45) is 0 Å². The molecule has 112 valence electrons. The maximum atomic E-state index is 12.0. The highest BCUT2D eigenvalue weighted by molar-refractivity contribution is 5.81. The zero-order valence-electron chi connectivity index (χ0n) is 11.7. The summed E-state index contributed by atoms with van der Waals surface area (Å²) in [5, 5.41) is 4.83. The van der Waals surface area contributed by atoms with E-state index >= 15 is 0 Å². The van der Waals surface area contributed by atoms with Crippen molar-refractivity contribution < 1.29 is 18.0 Å². The molecule has 0 fully saturated rings. The molecule has 2 atom stereocenters. The van der Waals surface area contributed by atoms with Gasteiger partial charge >= 0.3 is 6.18 Å². The van der Waals surface area contributed by atoms with E-state index in [1.54, 1.807) is 0 Å². The van der Waals surface area contributed by atoms with Crippen molar-refractivity contribution in [2.75, 3.05) is 6.54 Å². The molecule has 2 unspecified atom stereocenters. The standard InChI is InChI=1S/C14H19F3N2O/c1-9-4-6-12(7-5-9)10(2)19-11(3)13(20)18-8-14(15,16)17/h4-7,10-11,19H,8H2,1-3H3,(H,18,20). The lowest BCUT2D eigenvalue weighted by molar-refractivity contribution is -0.139. The lowest BCUT2D eigenvalue weighted by Crippen LogP contribution is -2.45. The molecule has 1 rings (SSSR count). The number of nitrogens with one attached hydrogen (secondary N) is 2. The van der Waals surface area contributed by atoms with Crippen LogP contribution < -0.4 is 10.6 Å². The second kappa shape index (κ2) is 6.74. The van der Waals surface area contributed by atoms with Gasteiger partial charge in [0.15, 0.2) is 0 Å². The second-order valence-electron chi connectivity index (χ2n) is 4.85. The largest absolute Gasteiger partial charge is 0.405 e. The number of carbonyl (C=O) groups excluding carboxylic acids is 1. The van der Waals surface area contributed by atoms with Gasteiger partial charge in [-0.1, -0.05) is 29.8 Å². The van der Waals surface area contributed by atoms with Crippen LogP contribution in [0.1, 0.15) is 31.0 Å². The number of benzene rings is 1. The van der Waals surface area contributed by atoms with Gasteiger partial charge in [0.25, 0.3) is 0 Å². The molecule has 0 saturated carbocycles. The first-order valence-electron chi connectivity index (χ1n) is 6.36. The summed E-state index contributed by atoms with van der Waals surface area (Å²) in [6.45, 7) is 4.06. The molecule has 1 aromatic rings. The van der Waals surface area contributed by atoms with E-state index in [-0.39, 0.29) is 6.04 Å². The third-order valence-corrected chi connectivity index (χ3v) is 2.93. The van der Waals surface area contributed by atoms with Crippen LogP contribution in [0, 0.1) is 6.92 Å². The molecular weight excluding hydrogens is 269 g/mol. The van der Waals surface area contributed by atoms with Crippen LogP contribution in [0.5, 0.6) is 0 Å². The summed E-state index contributed by atoms with van der Waals surface area (Å²) in [7, 11) is 0. The average Bonchev–Trinajstić information content (AvgIpc) is 2.35. The Morgan fingerprint density at radius 3 is 2.25 bits per heavy atom. The molecule has 0 aromatic heterocycles. The Morgan fingerprint density at radius 2 is 1.75 bits per heavy atom. The van der Waals surface area contributed by atoms with Gasteiger partial charge in [0.05, 0.1) is 6.04 Å². The van der Waals surface area contributed by atoms with Crippen LogP contribution in [-0.2, 0) is 4.79 Å². The highest BCUT2D eigenvalue weighted by Gasteiger charge is 2.28. The molecule has 3 nitrogen and oxygen atoms in total. The third-order valence-electron chi connectivity index (χ3n) is 2.93. The molecule has 1 aromatic carbocycles. The maximum absolute atomic E-state index is 12.0. The van der Waals surface area contributed by atoms with Gasteiger partial charge in [-0.2, -0.15) is 13.2 Å². The summed E-state index contributed by atoms with van der Waals surface area (Å²) >= 11 is 0. The van der Waals surface area contributed by atoms with Crippen LogP contribution in [0.3, 0.4) is 0 Å². The monoisotopic (exact) mass is 288 g/mol. The molecule has 0 radical (unpaired) electrons. The van der Waals surface area contributed by atoms with Crippen LogP contribution in [0.15, 0.2) is 24.3 Å². The molecule has 0 aliphatic rings. The Kier molecular flexibility index (Phi) is 5.56. The van der Waals surface area contributed by atoms with Gasteiger partial charge < -0.3 is 5.32 Å². The van der Waals surface area contributed by atoms with Gasteiger partial charge in [0.1, 0.15) is 6.54 Å². The first-order chi connectivity index (χ1) is 9.19. The van der Waals surface area contributed by atoms with Crippen LogP contribution in [-0.4, -0.2) is 24.7 Å². The average molecular weight is 288 g/mol. The first kappa shape index (κ1) is 16.5. The van der Waals surface area contributed by atoms with Gasteiger partial charge in [-0.05, 0) is 26.3 Å². The van der Waals surface area contributed by atoms with Gasteiger partial charge in [0, 0.05) is 6.04 Å². The van der Waals surface area contributed by atoms with E-state index in [0.29, 0.717) is 0 Å². The predicted octanol–water partition coefficient (Wildman–Crippen LogP) is 2.71. The summed E-state index contributed by atoms with van der Waals surface area (Å²) in [6, 6.07) is 6.92. The van der Waals surface area contributed by atoms with E-state index in [9.17, 15) is 18.0 Å². The third kappa shape index (κ3) is 5.61. The molecule has 20 heavy (non-hydrogen) atoms. The van der Waals surface area contributed by atoms with E-state index < -0.39 is 24.7 Å². The normalized spacial score (nSPS) is 14.7. The van der Waals surface area contributed by atoms with Crippen molar-refractivity contribution in [3.63, 3.8) is 0 Å². The van der Waals surface area contributed by atoms with Gasteiger partial charge in [-0.15, -0.1) is 0 Å². The fourth-order valence-electron chi connectivity index (χ4n) is 1.74. The highest BCUT2D eigenvalue weighted by atomic mass is 19.4. The number of hydrogen-bond acceptors (Lipinski definition) is 2. The first-order valence-corrected chi connectivity index (χ1v) is 6.36. The van der Waals surface area contributed by atoms with Crippen LogP contribution >= 0.6 is 0 Å². The molecule has 1 amide bonds. The molecule has 0 aliphatic heterocycles. The van der Waals surface area contributed by atoms with E-state index in [1.165, 1.54) is 6.92 Å². The number of carbonyl (C=O) groups is 1. The van der Waals surface area contributed by atoms with Crippen molar-refractivity contribution in [3.05, 3.63) is 35.4 Å². The zero-order chi connectivity index (χ0) is 15.3. The molecule has 0 bridgehead atoms. The van der Waals surface area contributed by atoms with Crippen molar-refractivity contribution in [2.45, 2.75) is 39.0 Å². The van der Waals surface area contributed by atoms with Crippen molar-refractivity contribution in [3.8, 4) is 0 Å². The zero-order valence-corrected chi connectivity index (χ0v) is 11.7.